The van der Waals surface area contributed by atoms with Gasteiger partial charge in [-0.2, -0.15) is 4.31 Å². The molecule has 5 nitrogen and oxygen atoms in total. The van der Waals surface area contributed by atoms with E-state index in [1.165, 1.54) is 16.6 Å². The second-order valence-corrected chi connectivity index (χ2v) is 7.07. The highest BCUT2D eigenvalue weighted by molar-refractivity contribution is 7.89. The van der Waals surface area contributed by atoms with Crippen LogP contribution in [0.1, 0.15) is 12.8 Å². The first-order valence-corrected chi connectivity index (χ1v) is 7.99. The van der Waals surface area contributed by atoms with Crippen LogP contribution in [0.25, 0.3) is 0 Å². The van der Waals surface area contributed by atoms with Gasteiger partial charge in [0.05, 0.1) is 5.02 Å². The third kappa shape index (κ3) is 3.20. The Morgan fingerprint density at radius 3 is 2.58 bits per heavy atom. The summed E-state index contributed by atoms with van der Waals surface area (Å²) in [5, 5.41) is 0.220. The van der Waals surface area contributed by atoms with Crippen molar-refractivity contribution in [2.24, 2.45) is 0 Å². The largest absolute Gasteiger partial charge is 0.381 e. The minimum Gasteiger partial charge on any atom is -0.381 e. The highest BCUT2D eigenvalue weighted by Gasteiger charge is 2.29. The second-order valence-electron chi connectivity index (χ2n) is 4.31. The number of nitrogens with zero attached hydrogens (tertiary/aromatic N) is 2. The number of rotatable bonds is 3. The van der Waals surface area contributed by atoms with E-state index in [9.17, 15) is 8.42 Å². The van der Waals surface area contributed by atoms with Crippen LogP contribution in [-0.2, 0) is 14.8 Å². The fraction of sp³-hybridized carbons (Fsp3) is 0.545. The molecule has 2 rings (SSSR count). The van der Waals surface area contributed by atoms with E-state index in [4.69, 9.17) is 27.9 Å². The summed E-state index contributed by atoms with van der Waals surface area (Å²) >= 11 is 11.5. The summed E-state index contributed by atoms with van der Waals surface area (Å²) in [6, 6.07) is 1.26. The zero-order chi connectivity index (χ0) is 14.0. The maximum atomic E-state index is 12.4. The van der Waals surface area contributed by atoms with Crippen molar-refractivity contribution >= 4 is 33.2 Å². The molecule has 19 heavy (non-hydrogen) atoms. The van der Waals surface area contributed by atoms with Gasteiger partial charge in [-0.25, -0.2) is 13.4 Å². The van der Waals surface area contributed by atoms with Gasteiger partial charge in [0.2, 0.25) is 10.0 Å². The summed E-state index contributed by atoms with van der Waals surface area (Å²) in [5.41, 5.74) is 0. The van der Waals surface area contributed by atoms with Crippen LogP contribution in [0.15, 0.2) is 17.2 Å². The molecule has 1 aliphatic rings. The monoisotopic (exact) mass is 324 g/mol. The summed E-state index contributed by atoms with van der Waals surface area (Å²) in [4.78, 5) is 3.83. The van der Waals surface area contributed by atoms with E-state index >= 15 is 0 Å². The van der Waals surface area contributed by atoms with Crippen LogP contribution < -0.4 is 0 Å². The van der Waals surface area contributed by atoms with Crippen molar-refractivity contribution < 1.29 is 13.2 Å². The molecule has 0 aromatic carbocycles. The predicted octanol–water partition coefficient (Wildman–Crippen LogP) is 2.19. The Hall–Kier alpha value is -0.400. The molecule has 1 saturated heterocycles. The van der Waals surface area contributed by atoms with Crippen LogP contribution in [-0.4, -0.2) is 44.0 Å². The van der Waals surface area contributed by atoms with E-state index in [0.29, 0.717) is 26.1 Å². The second kappa shape index (κ2) is 5.93. The zero-order valence-corrected chi connectivity index (χ0v) is 12.7. The number of aromatic nitrogens is 1. The van der Waals surface area contributed by atoms with Crippen LogP contribution in [0.4, 0.5) is 0 Å². The average Bonchev–Trinajstić information content (AvgIpc) is 2.41. The smallest absolute Gasteiger partial charge is 0.244 e. The SMILES string of the molecule is CN(C1CCOCC1)S(=O)(=O)c1cnc(Cl)c(Cl)c1. The quantitative estimate of drug-likeness (QED) is 0.800. The van der Waals surface area contributed by atoms with Gasteiger partial charge < -0.3 is 4.74 Å². The third-order valence-corrected chi connectivity index (χ3v) is 5.71. The summed E-state index contributed by atoms with van der Waals surface area (Å²) < 4.78 is 31.5. The Bertz CT molecular complexity index is 559. The van der Waals surface area contributed by atoms with Crippen LogP contribution >= 0.6 is 23.2 Å². The minimum atomic E-state index is -3.61. The van der Waals surface area contributed by atoms with Crippen LogP contribution in [0, 0.1) is 0 Å². The number of ether oxygens (including phenoxy) is 1. The molecule has 0 bridgehead atoms. The lowest BCUT2D eigenvalue weighted by atomic mass is 10.1. The van der Waals surface area contributed by atoms with Gasteiger partial charge >= 0.3 is 0 Å². The Morgan fingerprint density at radius 1 is 1.37 bits per heavy atom. The lowest BCUT2D eigenvalue weighted by molar-refractivity contribution is 0.0632. The molecule has 1 aliphatic heterocycles. The summed E-state index contributed by atoms with van der Waals surface area (Å²) in [6.07, 6.45) is 2.59. The molecule has 0 unspecified atom stereocenters. The van der Waals surface area contributed by atoms with Crippen molar-refractivity contribution in [1.29, 1.82) is 0 Å². The summed E-state index contributed by atoms with van der Waals surface area (Å²) in [5.74, 6) is 0. The molecule has 8 heteroatoms. The summed E-state index contributed by atoms with van der Waals surface area (Å²) in [7, 11) is -2.04. The topological polar surface area (TPSA) is 59.5 Å². The Morgan fingerprint density at radius 2 is 2.00 bits per heavy atom. The Balaban J connectivity index is 2.27. The highest BCUT2D eigenvalue weighted by atomic mass is 35.5. The fourth-order valence-corrected chi connectivity index (χ4v) is 3.68. The van der Waals surface area contributed by atoms with Crippen molar-refractivity contribution in [3.63, 3.8) is 0 Å². The molecular formula is C11H14Cl2N2O3S. The number of pyridine rings is 1. The molecule has 2 heterocycles. The molecule has 1 aromatic rings. The lowest BCUT2D eigenvalue weighted by Crippen LogP contribution is -2.40. The van der Waals surface area contributed by atoms with Gasteiger partial charge in [0.25, 0.3) is 0 Å². The Kier molecular flexibility index (Phi) is 4.68. The molecular weight excluding hydrogens is 311 g/mol. The van der Waals surface area contributed by atoms with Gasteiger partial charge in [-0.1, -0.05) is 23.2 Å². The maximum absolute atomic E-state index is 12.4. The van der Waals surface area contributed by atoms with E-state index in [2.05, 4.69) is 4.98 Å². The van der Waals surface area contributed by atoms with Gasteiger partial charge in [-0.05, 0) is 18.9 Å². The van der Waals surface area contributed by atoms with Crippen LogP contribution in [0.2, 0.25) is 10.2 Å². The molecule has 1 fully saturated rings. The van der Waals surface area contributed by atoms with E-state index < -0.39 is 10.0 Å². The summed E-state index contributed by atoms with van der Waals surface area (Å²) in [6.45, 7) is 1.15. The van der Waals surface area contributed by atoms with Gasteiger partial charge in [-0.3, -0.25) is 0 Å². The number of sulfonamides is 1. The highest BCUT2D eigenvalue weighted by Crippen LogP contribution is 2.26. The van der Waals surface area contributed by atoms with E-state index in [1.807, 2.05) is 0 Å². The molecule has 0 radical (unpaired) electrons. The molecule has 0 spiro atoms. The molecule has 106 valence electrons. The molecule has 0 aliphatic carbocycles. The normalized spacial score (nSPS) is 17.9. The molecule has 0 atom stereocenters. The molecule has 0 N–H and O–H groups in total. The Labute approximate surface area is 122 Å². The van der Waals surface area contributed by atoms with Crippen LogP contribution in [0.5, 0.6) is 0 Å². The van der Waals surface area contributed by atoms with Gasteiger partial charge in [0.1, 0.15) is 10.0 Å². The number of halogens is 2. The van der Waals surface area contributed by atoms with E-state index in [-0.39, 0.29) is 21.1 Å². The van der Waals surface area contributed by atoms with Crippen molar-refractivity contribution in [2.75, 3.05) is 20.3 Å². The van der Waals surface area contributed by atoms with Crippen molar-refractivity contribution in [2.45, 2.75) is 23.8 Å². The first-order valence-electron chi connectivity index (χ1n) is 5.80. The zero-order valence-electron chi connectivity index (χ0n) is 10.3. The molecule has 0 amide bonds. The first kappa shape index (κ1) is 15.0. The average molecular weight is 325 g/mol. The molecule has 0 saturated carbocycles. The van der Waals surface area contributed by atoms with Crippen molar-refractivity contribution in [1.82, 2.24) is 9.29 Å². The lowest BCUT2D eigenvalue weighted by Gasteiger charge is -2.30. The van der Waals surface area contributed by atoms with Gasteiger partial charge in [-0.15, -0.1) is 0 Å². The standard InChI is InChI=1S/C11H14Cl2N2O3S/c1-15(8-2-4-18-5-3-8)19(16,17)9-6-10(12)11(13)14-7-9/h6-8H,2-5H2,1H3. The third-order valence-electron chi connectivity index (χ3n) is 3.15. The van der Waals surface area contributed by atoms with Crippen LogP contribution in [0.3, 0.4) is 0 Å². The van der Waals surface area contributed by atoms with Crippen molar-refractivity contribution in [3.05, 3.63) is 22.4 Å². The number of hydrogen-bond donors (Lipinski definition) is 0. The fourth-order valence-electron chi connectivity index (χ4n) is 1.96. The first-order chi connectivity index (χ1) is 8.93. The van der Waals surface area contributed by atoms with Gasteiger partial charge in [0, 0.05) is 32.5 Å². The van der Waals surface area contributed by atoms with Gasteiger partial charge in [0.15, 0.2) is 0 Å². The maximum Gasteiger partial charge on any atom is 0.244 e. The number of hydrogen-bond acceptors (Lipinski definition) is 4. The predicted molar refractivity (Wildman–Crippen MR) is 73.0 cm³/mol. The van der Waals surface area contributed by atoms with Crippen molar-refractivity contribution in [3.8, 4) is 0 Å². The minimum absolute atomic E-state index is 0.0518. The molecule has 1 aromatic heterocycles. The van der Waals surface area contributed by atoms with E-state index in [1.54, 1.807) is 7.05 Å². The van der Waals surface area contributed by atoms with E-state index in [0.717, 1.165) is 0 Å².